The number of nitrogens with zero attached hydrogens (tertiary/aromatic N) is 5. The van der Waals surface area contributed by atoms with E-state index in [9.17, 15) is 0 Å². The number of hydrogen-bond donors (Lipinski definition) is 0. The van der Waals surface area contributed by atoms with Crippen molar-refractivity contribution in [1.29, 1.82) is 0 Å². The first-order chi connectivity index (χ1) is 11.1. The van der Waals surface area contributed by atoms with E-state index in [4.69, 9.17) is 0 Å². The molecule has 3 rings (SSSR count). The van der Waals surface area contributed by atoms with Crippen LogP contribution in [0.3, 0.4) is 0 Å². The van der Waals surface area contributed by atoms with Crippen molar-refractivity contribution in [1.82, 2.24) is 24.3 Å². The fraction of sp³-hybridized carbons (Fsp3) is 0.647. The van der Waals surface area contributed by atoms with Gasteiger partial charge in [-0.25, -0.2) is 9.97 Å². The first-order valence-corrected chi connectivity index (χ1v) is 9.36. The summed E-state index contributed by atoms with van der Waals surface area (Å²) in [5, 5.41) is 3.36. The van der Waals surface area contributed by atoms with Gasteiger partial charge in [0.2, 0.25) is 0 Å². The predicted molar refractivity (Wildman–Crippen MR) is 94.9 cm³/mol. The van der Waals surface area contributed by atoms with Gasteiger partial charge in [-0.05, 0) is 6.92 Å². The summed E-state index contributed by atoms with van der Waals surface area (Å²) in [5.74, 6) is 1.69. The molecule has 0 aromatic carbocycles. The van der Waals surface area contributed by atoms with Gasteiger partial charge in [0.1, 0.15) is 5.82 Å². The lowest BCUT2D eigenvalue weighted by Gasteiger charge is -2.34. The van der Waals surface area contributed by atoms with Crippen LogP contribution in [0.1, 0.15) is 36.3 Å². The maximum atomic E-state index is 4.57. The molecule has 0 radical (unpaired) electrons. The third-order valence-electron chi connectivity index (χ3n) is 4.44. The number of hydrogen-bond acceptors (Lipinski definition) is 5. The minimum absolute atomic E-state index is 0.489. The molecule has 5 nitrogen and oxygen atoms in total. The molecule has 1 aliphatic heterocycles. The first kappa shape index (κ1) is 16.6. The molecule has 1 fully saturated rings. The summed E-state index contributed by atoms with van der Waals surface area (Å²) < 4.78 is 2.30. The number of rotatable bonds is 6. The molecule has 126 valence electrons. The second kappa shape index (κ2) is 7.55. The van der Waals surface area contributed by atoms with Crippen molar-refractivity contribution in [2.45, 2.75) is 39.8 Å². The molecule has 0 atom stereocenters. The Bertz CT molecular complexity index is 610. The van der Waals surface area contributed by atoms with Gasteiger partial charge < -0.3 is 4.57 Å². The molecule has 23 heavy (non-hydrogen) atoms. The highest BCUT2D eigenvalue weighted by atomic mass is 32.1. The molecule has 0 spiro atoms. The third-order valence-corrected chi connectivity index (χ3v) is 5.26. The molecule has 0 saturated carbocycles. The number of aromatic nitrogens is 3. The van der Waals surface area contributed by atoms with Gasteiger partial charge in [-0.3, -0.25) is 9.80 Å². The van der Waals surface area contributed by atoms with Crippen molar-refractivity contribution in [3.05, 3.63) is 34.3 Å². The zero-order valence-corrected chi connectivity index (χ0v) is 15.2. The molecule has 0 aliphatic carbocycles. The van der Waals surface area contributed by atoms with Gasteiger partial charge in [-0.2, -0.15) is 0 Å². The van der Waals surface area contributed by atoms with Crippen molar-refractivity contribution in [2.75, 3.05) is 32.7 Å². The highest BCUT2D eigenvalue weighted by Gasteiger charge is 2.18. The van der Waals surface area contributed by atoms with Crippen molar-refractivity contribution >= 4 is 11.3 Å². The standard InChI is InChI=1S/C17H27N5S/c1-14(2)17-18-4-5-22(17)11-10-20-6-8-21(9-7-20)12-16-13-23-15(3)19-16/h4-5,13-14H,6-12H2,1-3H3. The van der Waals surface area contributed by atoms with E-state index in [0.29, 0.717) is 5.92 Å². The van der Waals surface area contributed by atoms with Gasteiger partial charge in [-0.1, -0.05) is 13.8 Å². The molecule has 3 heterocycles. The van der Waals surface area contributed by atoms with Crippen LogP contribution < -0.4 is 0 Å². The van der Waals surface area contributed by atoms with Crippen molar-refractivity contribution in [3.63, 3.8) is 0 Å². The van der Waals surface area contributed by atoms with Crippen LogP contribution in [0, 0.1) is 6.92 Å². The normalized spacial score (nSPS) is 17.2. The molecule has 1 aliphatic rings. The van der Waals surface area contributed by atoms with Crippen LogP contribution in [-0.2, 0) is 13.1 Å². The second-order valence-electron chi connectivity index (χ2n) is 6.61. The van der Waals surface area contributed by atoms with Gasteiger partial charge in [0, 0.05) is 69.5 Å². The first-order valence-electron chi connectivity index (χ1n) is 8.48. The van der Waals surface area contributed by atoms with Crippen LogP contribution in [0.4, 0.5) is 0 Å². The number of piperazine rings is 1. The lowest BCUT2D eigenvalue weighted by molar-refractivity contribution is 0.123. The van der Waals surface area contributed by atoms with Gasteiger partial charge >= 0.3 is 0 Å². The Morgan fingerprint density at radius 3 is 2.52 bits per heavy atom. The van der Waals surface area contributed by atoms with Gasteiger partial charge in [0.15, 0.2) is 0 Å². The van der Waals surface area contributed by atoms with Crippen LogP contribution in [-0.4, -0.2) is 57.1 Å². The minimum Gasteiger partial charge on any atom is -0.333 e. The van der Waals surface area contributed by atoms with Crippen LogP contribution >= 0.6 is 11.3 Å². The number of thiazole rings is 1. The number of imidazole rings is 1. The fourth-order valence-corrected chi connectivity index (χ4v) is 3.74. The summed E-state index contributed by atoms with van der Waals surface area (Å²) >= 11 is 1.75. The fourth-order valence-electron chi connectivity index (χ4n) is 3.14. The Morgan fingerprint density at radius 2 is 1.87 bits per heavy atom. The molecule has 1 saturated heterocycles. The molecular formula is C17H27N5S. The molecule has 0 N–H and O–H groups in total. The zero-order valence-electron chi connectivity index (χ0n) is 14.4. The van der Waals surface area contributed by atoms with E-state index < -0.39 is 0 Å². The third kappa shape index (κ3) is 4.40. The predicted octanol–water partition coefficient (Wildman–Crippen LogP) is 2.59. The van der Waals surface area contributed by atoms with E-state index in [1.165, 1.54) is 16.5 Å². The summed E-state index contributed by atoms with van der Waals surface area (Å²) in [7, 11) is 0. The average molecular weight is 334 g/mol. The highest BCUT2D eigenvalue weighted by Crippen LogP contribution is 2.14. The summed E-state index contributed by atoms with van der Waals surface area (Å²) in [6.45, 7) is 14.2. The summed E-state index contributed by atoms with van der Waals surface area (Å²) in [4.78, 5) is 14.1. The Hall–Kier alpha value is -1.24. The summed E-state index contributed by atoms with van der Waals surface area (Å²) in [6, 6.07) is 0. The van der Waals surface area contributed by atoms with Crippen LogP contribution in [0.2, 0.25) is 0 Å². The molecule has 6 heteroatoms. The van der Waals surface area contributed by atoms with Crippen LogP contribution in [0.15, 0.2) is 17.8 Å². The Morgan fingerprint density at radius 1 is 1.13 bits per heavy atom. The smallest absolute Gasteiger partial charge is 0.111 e. The average Bonchev–Trinajstić information content (AvgIpc) is 3.15. The summed E-state index contributed by atoms with van der Waals surface area (Å²) in [6.07, 6.45) is 4.03. The quantitative estimate of drug-likeness (QED) is 0.814. The SMILES string of the molecule is Cc1nc(CN2CCN(CCn3ccnc3C(C)C)CC2)cs1. The van der Waals surface area contributed by atoms with E-state index in [1.54, 1.807) is 11.3 Å². The maximum absolute atomic E-state index is 4.57. The van der Waals surface area contributed by atoms with Crippen LogP contribution in [0.5, 0.6) is 0 Å². The van der Waals surface area contributed by atoms with Gasteiger partial charge in [0.25, 0.3) is 0 Å². The monoisotopic (exact) mass is 333 g/mol. The van der Waals surface area contributed by atoms with E-state index in [-0.39, 0.29) is 0 Å². The van der Waals surface area contributed by atoms with Crippen molar-refractivity contribution in [2.24, 2.45) is 0 Å². The largest absolute Gasteiger partial charge is 0.333 e. The van der Waals surface area contributed by atoms with Crippen LogP contribution in [0.25, 0.3) is 0 Å². The molecule has 0 unspecified atom stereocenters. The van der Waals surface area contributed by atoms with E-state index in [1.807, 2.05) is 6.20 Å². The number of aryl methyl sites for hydroxylation is 1. The van der Waals surface area contributed by atoms with Crippen molar-refractivity contribution < 1.29 is 0 Å². The van der Waals surface area contributed by atoms with E-state index in [0.717, 1.165) is 45.8 Å². The molecular weight excluding hydrogens is 306 g/mol. The molecule has 2 aromatic heterocycles. The summed E-state index contributed by atoms with van der Waals surface area (Å²) in [5.41, 5.74) is 1.22. The maximum Gasteiger partial charge on any atom is 0.111 e. The lowest BCUT2D eigenvalue weighted by atomic mass is 10.2. The van der Waals surface area contributed by atoms with E-state index >= 15 is 0 Å². The zero-order chi connectivity index (χ0) is 16.2. The van der Waals surface area contributed by atoms with E-state index in [2.05, 4.69) is 56.7 Å². The Balaban J connectivity index is 1.43. The molecule has 2 aromatic rings. The second-order valence-corrected chi connectivity index (χ2v) is 7.67. The van der Waals surface area contributed by atoms with Crippen molar-refractivity contribution in [3.8, 4) is 0 Å². The Kier molecular flexibility index (Phi) is 5.46. The lowest BCUT2D eigenvalue weighted by Crippen LogP contribution is -2.46. The minimum atomic E-state index is 0.489. The topological polar surface area (TPSA) is 37.2 Å². The van der Waals surface area contributed by atoms with Gasteiger partial charge in [-0.15, -0.1) is 11.3 Å². The highest BCUT2D eigenvalue weighted by molar-refractivity contribution is 7.09. The van der Waals surface area contributed by atoms with Gasteiger partial charge in [0.05, 0.1) is 10.7 Å². The Labute approximate surface area is 143 Å². The molecule has 0 amide bonds. The molecule has 0 bridgehead atoms.